The van der Waals surface area contributed by atoms with Crippen LogP contribution < -0.4 is 15.5 Å². The van der Waals surface area contributed by atoms with Gasteiger partial charge in [0.25, 0.3) is 5.91 Å². The molecule has 0 saturated carbocycles. The Labute approximate surface area is 197 Å². The molecule has 1 aliphatic rings. The van der Waals surface area contributed by atoms with Gasteiger partial charge in [-0.15, -0.1) is 0 Å². The molecule has 3 amide bonds. The van der Waals surface area contributed by atoms with E-state index in [4.69, 9.17) is 11.6 Å². The second-order valence-electron chi connectivity index (χ2n) is 8.29. The molecule has 0 spiro atoms. The minimum Gasteiger partial charge on any atom is -0.350 e. The van der Waals surface area contributed by atoms with Crippen molar-refractivity contribution in [1.29, 1.82) is 0 Å². The van der Waals surface area contributed by atoms with E-state index in [-0.39, 0.29) is 17.7 Å². The van der Waals surface area contributed by atoms with Gasteiger partial charge in [-0.1, -0.05) is 41.9 Å². The maximum absolute atomic E-state index is 13.6. The molecule has 2 N–H and O–H groups in total. The van der Waals surface area contributed by atoms with Crippen molar-refractivity contribution in [3.05, 3.63) is 94.5 Å². The highest BCUT2D eigenvalue weighted by Crippen LogP contribution is 2.36. The first-order chi connectivity index (χ1) is 15.8. The molecule has 1 atom stereocenters. The smallest absolute Gasteiger partial charge is 0.259 e. The second-order valence-corrected chi connectivity index (χ2v) is 8.72. The van der Waals surface area contributed by atoms with Gasteiger partial charge in [0.15, 0.2) is 0 Å². The van der Waals surface area contributed by atoms with Crippen LogP contribution in [-0.2, 0) is 22.6 Å². The second kappa shape index (κ2) is 9.08. The number of carbonyl (C=O) groups is 3. The van der Waals surface area contributed by atoms with E-state index in [9.17, 15) is 14.4 Å². The molecule has 6 nitrogen and oxygen atoms in total. The molecule has 7 heteroatoms. The number of carbonyl (C=O) groups excluding carboxylic acids is 3. The lowest BCUT2D eigenvalue weighted by Crippen LogP contribution is -2.63. The first-order valence-electron chi connectivity index (χ1n) is 10.6. The van der Waals surface area contributed by atoms with Gasteiger partial charge in [-0.25, -0.2) is 0 Å². The van der Waals surface area contributed by atoms with Gasteiger partial charge in [0.05, 0.1) is 0 Å². The van der Waals surface area contributed by atoms with Crippen molar-refractivity contribution in [2.24, 2.45) is 0 Å². The highest BCUT2D eigenvalue weighted by Gasteiger charge is 2.47. The predicted octanol–water partition coefficient (Wildman–Crippen LogP) is 4.58. The van der Waals surface area contributed by atoms with Crippen molar-refractivity contribution in [3.63, 3.8) is 0 Å². The van der Waals surface area contributed by atoms with Crippen LogP contribution in [0.2, 0.25) is 5.02 Å². The molecule has 3 aromatic rings. The van der Waals surface area contributed by atoms with E-state index in [2.05, 4.69) is 10.6 Å². The zero-order valence-electron chi connectivity index (χ0n) is 18.4. The monoisotopic (exact) mass is 461 g/mol. The Morgan fingerprint density at radius 1 is 1.00 bits per heavy atom. The quantitative estimate of drug-likeness (QED) is 0.584. The van der Waals surface area contributed by atoms with Crippen molar-refractivity contribution < 1.29 is 14.4 Å². The summed E-state index contributed by atoms with van der Waals surface area (Å²) < 4.78 is 0. The maximum Gasteiger partial charge on any atom is 0.259 e. The molecule has 0 unspecified atom stereocenters. The van der Waals surface area contributed by atoms with Crippen LogP contribution in [-0.4, -0.2) is 23.3 Å². The van der Waals surface area contributed by atoms with E-state index in [1.54, 1.807) is 54.3 Å². The van der Waals surface area contributed by atoms with Crippen LogP contribution in [0.15, 0.2) is 72.8 Å². The highest BCUT2D eigenvalue weighted by molar-refractivity contribution is 6.30. The van der Waals surface area contributed by atoms with Crippen molar-refractivity contribution in [2.45, 2.75) is 32.4 Å². The normalized spacial score (nSPS) is 17.3. The molecule has 0 aromatic heterocycles. The van der Waals surface area contributed by atoms with Gasteiger partial charge in [-0.3, -0.25) is 19.3 Å². The Balaban J connectivity index is 1.67. The molecule has 0 radical (unpaired) electrons. The van der Waals surface area contributed by atoms with Crippen molar-refractivity contribution >= 4 is 40.7 Å². The van der Waals surface area contributed by atoms with E-state index in [0.717, 1.165) is 11.1 Å². The van der Waals surface area contributed by atoms with Gasteiger partial charge < -0.3 is 10.6 Å². The lowest BCUT2D eigenvalue weighted by Gasteiger charge is -2.44. The number of fused-ring (bicyclic) bond motifs is 1. The molecule has 33 heavy (non-hydrogen) atoms. The standard InChI is InChI=1S/C26H24ClN3O3/c1-17(31)29-21-11-13-22(14-12-21)30-24(32)23-6-4-3-5-19(23)15-26(30,2)25(33)28-16-18-7-9-20(27)10-8-18/h3-14H,15-16H2,1-2H3,(H,28,33)(H,29,31)/t26-/m1/s1. The van der Waals surface area contributed by atoms with Crippen LogP contribution in [0.1, 0.15) is 35.3 Å². The maximum atomic E-state index is 13.6. The minimum absolute atomic E-state index is 0.183. The minimum atomic E-state index is -1.15. The fourth-order valence-corrected chi connectivity index (χ4v) is 4.26. The van der Waals surface area contributed by atoms with Crippen LogP contribution in [0.5, 0.6) is 0 Å². The molecular weight excluding hydrogens is 438 g/mol. The van der Waals surface area contributed by atoms with Crippen LogP contribution in [0.3, 0.4) is 0 Å². The molecule has 4 rings (SSSR count). The van der Waals surface area contributed by atoms with Crippen LogP contribution in [0.25, 0.3) is 0 Å². The fraction of sp³-hybridized carbons (Fsp3) is 0.192. The number of hydrogen-bond donors (Lipinski definition) is 2. The van der Waals surface area contributed by atoms with E-state index < -0.39 is 5.54 Å². The summed E-state index contributed by atoms with van der Waals surface area (Å²) in [4.78, 5) is 40.0. The molecular formula is C26H24ClN3O3. The number of hydrogen-bond acceptors (Lipinski definition) is 3. The zero-order chi connectivity index (χ0) is 23.6. The van der Waals surface area contributed by atoms with Gasteiger partial charge in [0.1, 0.15) is 5.54 Å². The lowest BCUT2D eigenvalue weighted by molar-refractivity contribution is -0.126. The van der Waals surface area contributed by atoms with E-state index in [1.165, 1.54) is 6.92 Å². The third-order valence-electron chi connectivity index (χ3n) is 5.78. The average molecular weight is 462 g/mol. The Morgan fingerprint density at radius 3 is 2.33 bits per heavy atom. The Kier molecular flexibility index (Phi) is 6.20. The van der Waals surface area contributed by atoms with Crippen LogP contribution in [0, 0.1) is 0 Å². The van der Waals surface area contributed by atoms with E-state index >= 15 is 0 Å². The number of halogens is 1. The largest absolute Gasteiger partial charge is 0.350 e. The summed E-state index contributed by atoms with van der Waals surface area (Å²) in [6, 6.07) is 21.5. The molecule has 0 aliphatic carbocycles. The van der Waals surface area contributed by atoms with Gasteiger partial charge in [-0.2, -0.15) is 0 Å². The number of nitrogens with one attached hydrogen (secondary N) is 2. The molecule has 0 fully saturated rings. The SMILES string of the molecule is CC(=O)Nc1ccc(N2C(=O)c3ccccc3C[C@]2(C)C(=O)NCc2ccc(Cl)cc2)cc1. The van der Waals surface area contributed by atoms with Gasteiger partial charge in [0, 0.05) is 41.9 Å². The van der Waals surface area contributed by atoms with Crippen LogP contribution in [0.4, 0.5) is 11.4 Å². The highest BCUT2D eigenvalue weighted by atomic mass is 35.5. The third-order valence-corrected chi connectivity index (χ3v) is 6.03. The number of rotatable bonds is 5. The average Bonchev–Trinajstić information content (AvgIpc) is 2.79. The first-order valence-corrected chi connectivity index (χ1v) is 11.0. The summed E-state index contributed by atoms with van der Waals surface area (Å²) in [5, 5.41) is 6.33. The zero-order valence-corrected chi connectivity index (χ0v) is 19.1. The van der Waals surface area contributed by atoms with Gasteiger partial charge in [-0.05, 0) is 60.5 Å². The van der Waals surface area contributed by atoms with Crippen molar-refractivity contribution in [2.75, 3.05) is 10.2 Å². The van der Waals surface area contributed by atoms with Crippen molar-refractivity contribution in [1.82, 2.24) is 5.32 Å². The third kappa shape index (κ3) is 4.61. The van der Waals surface area contributed by atoms with Crippen molar-refractivity contribution in [3.8, 4) is 0 Å². The molecule has 168 valence electrons. The topological polar surface area (TPSA) is 78.5 Å². The van der Waals surface area contributed by atoms with Gasteiger partial charge in [0.2, 0.25) is 11.8 Å². The fourth-order valence-electron chi connectivity index (χ4n) is 4.13. The summed E-state index contributed by atoms with van der Waals surface area (Å²) in [6.07, 6.45) is 0.370. The summed E-state index contributed by atoms with van der Waals surface area (Å²) in [5.74, 6) is -0.684. The Hall–Kier alpha value is -3.64. The Morgan fingerprint density at radius 2 is 1.67 bits per heavy atom. The molecule has 0 bridgehead atoms. The summed E-state index contributed by atoms with van der Waals surface area (Å²) in [6.45, 7) is 3.53. The molecule has 3 aromatic carbocycles. The Bertz CT molecular complexity index is 1210. The number of anilines is 2. The molecule has 0 saturated heterocycles. The number of benzene rings is 3. The summed E-state index contributed by atoms with van der Waals surface area (Å²) in [5.41, 5.74) is 2.36. The molecule has 1 heterocycles. The number of nitrogens with zero attached hydrogens (tertiary/aromatic N) is 1. The van der Waals surface area contributed by atoms with E-state index in [1.807, 2.05) is 30.3 Å². The van der Waals surface area contributed by atoms with Crippen LogP contribution >= 0.6 is 11.6 Å². The lowest BCUT2D eigenvalue weighted by atomic mass is 9.82. The first kappa shape index (κ1) is 22.6. The predicted molar refractivity (Wildman–Crippen MR) is 129 cm³/mol. The van der Waals surface area contributed by atoms with E-state index in [0.29, 0.717) is 34.9 Å². The summed E-state index contributed by atoms with van der Waals surface area (Å²) in [7, 11) is 0. The van der Waals surface area contributed by atoms with Gasteiger partial charge >= 0.3 is 0 Å². The number of amides is 3. The molecule has 1 aliphatic heterocycles. The summed E-state index contributed by atoms with van der Waals surface area (Å²) >= 11 is 5.95.